The molecule has 1 saturated heterocycles. The Hall–Kier alpha value is -0.940. The van der Waals surface area contributed by atoms with E-state index in [4.69, 9.17) is 4.52 Å². The fraction of sp³-hybridized carbons (Fsp3) is 0.857. The average Bonchev–Trinajstić information content (AvgIpc) is 2.97. The van der Waals surface area contributed by atoms with Gasteiger partial charge in [-0.25, -0.2) is 0 Å². The summed E-state index contributed by atoms with van der Waals surface area (Å²) in [5, 5.41) is 16.9. The summed E-state index contributed by atoms with van der Waals surface area (Å²) in [6.45, 7) is 5.27. The van der Waals surface area contributed by atoms with Gasteiger partial charge in [0.25, 0.3) is 0 Å². The third-order valence-corrected chi connectivity index (χ3v) is 4.57. The molecule has 106 valence electrons. The van der Waals surface area contributed by atoms with E-state index in [1.165, 1.54) is 12.8 Å². The summed E-state index contributed by atoms with van der Waals surface area (Å²) >= 11 is 0. The lowest BCUT2D eigenvalue weighted by Crippen LogP contribution is -2.21. The molecule has 2 fully saturated rings. The molecule has 0 aromatic carbocycles. The minimum Gasteiger partial charge on any atom is -0.392 e. The first-order chi connectivity index (χ1) is 9.03. The van der Waals surface area contributed by atoms with E-state index >= 15 is 0 Å². The fourth-order valence-corrected chi connectivity index (χ4v) is 3.12. The molecule has 5 heteroatoms. The first-order valence-electron chi connectivity index (χ1n) is 7.28. The SMILES string of the molecule is CC1(C)CCC(c2noc([C@@H]3C[C@@H](O)CN3)n2)CC1. The summed E-state index contributed by atoms with van der Waals surface area (Å²) < 4.78 is 5.37. The molecule has 5 nitrogen and oxygen atoms in total. The first kappa shape index (κ1) is 13.1. The van der Waals surface area contributed by atoms with Gasteiger partial charge in [-0.1, -0.05) is 19.0 Å². The summed E-state index contributed by atoms with van der Waals surface area (Å²) in [4.78, 5) is 4.55. The van der Waals surface area contributed by atoms with Crippen molar-refractivity contribution in [2.45, 2.75) is 64.0 Å². The molecule has 0 amide bonds. The zero-order valence-corrected chi connectivity index (χ0v) is 11.7. The molecular formula is C14H23N3O2. The first-order valence-corrected chi connectivity index (χ1v) is 7.28. The quantitative estimate of drug-likeness (QED) is 0.857. The van der Waals surface area contributed by atoms with E-state index in [1.807, 2.05) is 0 Å². The second kappa shape index (κ2) is 4.87. The van der Waals surface area contributed by atoms with Crippen LogP contribution in [0.2, 0.25) is 0 Å². The number of aliphatic hydroxyl groups is 1. The second-order valence-electron chi connectivity index (χ2n) is 6.78. The zero-order valence-electron chi connectivity index (χ0n) is 11.7. The Balaban J connectivity index is 1.65. The van der Waals surface area contributed by atoms with Crippen molar-refractivity contribution in [1.82, 2.24) is 15.5 Å². The van der Waals surface area contributed by atoms with Crippen molar-refractivity contribution in [1.29, 1.82) is 0 Å². The second-order valence-corrected chi connectivity index (χ2v) is 6.78. The molecule has 0 unspecified atom stereocenters. The predicted octanol–water partition coefficient (Wildman–Crippen LogP) is 2.15. The van der Waals surface area contributed by atoms with Crippen molar-refractivity contribution in [2.24, 2.45) is 5.41 Å². The Bertz CT molecular complexity index is 434. The summed E-state index contributed by atoms with van der Waals surface area (Å²) in [5.41, 5.74) is 0.459. The van der Waals surface area contributed by atoms with Gasteiger partial charge in [-0.15, -0.1) is 0 Å². The van der Waals surface area contributed by atoms with Crippen LogP contribution in [0.5, 0.6) is 0 Å². The third-order valence-electron chi connectivity index (χ3n) is 4.57. The lowest BCUT2D eigenvalue weighted by molar-refractivity contribution is 0.191. The van der Waals surface area contributed by atoms with E-state index in [1.54, 1.807) is 0 Å². The van der Waals surface area contributed by atoms with Gasteiger partial charge in [-0.3, -0.25) is 0 Å². The van der Waals surface area contributed by atoms with Gasteiger partial charge < -0.3 is 14.9 Å². The normalized spacial score (nSPS) is 31.7. The molecule has 2 atom stereocenters. The lowest BCUT2D eigenvalue weighted by Gasteiger charge is -2.32. The Labute approximate surface area is 113 Å². The average molecular weight is 265 g/mol. The van der Waals surface area contributed by atoms with Crippen LogP contribution in [-0.4, -0.2) is 27.9 Å². The van der Waals surface area contributed by atoms with Gasteiger partial charge in [-0.2, -0.15) is 4.98 Å². The number of hydrogen-bond acceptors (Lipinski definition) is 5. The van der Waals surface area contributed by atoms with E-state index < -0.39 is 0 Å². The van der Waals surface area contributed by atoms with Gasteiger partial charge >= 0.3 is 0 Å². The number of aromatic nitrogens is 2. The van der Waals surface area contributed by atoms with E-state index in [9.17, 15) is 5.11 Å². The highest BCUT2D eigenvalue weighted by Crippen LogP contribution is 2.41. The van der Waals surface area contributed by atoms with Gasteiger partial charge in [0.1, 0.15) is 0 Å². The number of rotatable bonds is 2. The maximum Gasteiger partial charge on any atom is 0.243 e. The Kier molecular flexibility index (Phi) is 3.35. The van der Waals surface area contributed by atoms with Crippen molar-refractivity contribution in [3.8, 4) is 0 Å². The molecule has 2 aliphatic rings. The van der Waals surface area contributed by atoms with E-state index in [2.05, 4.69) is 29.3 Å². The van der Waals surface area contributed by atoms with Gasteiger partial charge in [0.2, 0.25) is 5.89 Å². The molecule has 2 N–H and O–H groups in total. The molecule has 19 heavy (non-hydrogen) atoms. The highest BCUT2D eigenvalue weighted by molar-refractivity contribution is 5.03. The van der Waals surface area contributed by atoms with Gasteiger partial charge in [0.15, 0.2) is 5.82 Å². The van der Waals surface area contributed by atoms with Crippen LogP contribution in [0, 0.1) is 5.41 Å². The number of β-amino-alcohol motifs (C(OH)–C–C–N with tert-alkyl or cyclic N) is 1. The van der Waals surface area contributed by atoms with Crippen molar-refractivity contribution in [2.75, 3.05) is 6.54 Å². The molecule has 1 aromatic rings. The Morgan fingerprint density at radius 2 is 2.05 bits per heavy atom. The van der Waals surface area contributed by atoms with Crippen LogP contribution in [0.15, 0.2) is 4.52 Å². The lowest BCUT2D eigenvalue weighted by atomic mass is 9.73. The fourth-order valence-electron chi connectivity index (χ4n) is 3.12. The molecule has 1 aromatic heterocycles. The van der Waals surface area contributed by atoms with E-state index in [0.29, 0.717) is 30.2 Å². The maximum atomic E-state index is 9.52. The number of aliphatic hydroxyl groups excluding tert-OH is 1. The molecule has 1 saturated carbocycles. The molecule has 1 aliphatic carbocycles. The van der Waals surface area contributed by atoms with Crippen LogP contribution >= 0.6 is 0 Å². The minimum atomic E-state index is -0.296. The monoisotopic (exact) mass is 265 g/mol. The number of nitrogens with zero attached hydrogens (tertiary/aromatic N) is 2. The van der Waals surface area contributed by atoms with E-state index in [-0.39, 0.29) is 12.1 Å². The zero-order chi connectivity index (χ0) is 13.5. The van der Waals surface area contributed by atoms with Crippen molar-refractivity contribution in [3.63, 3.8) is 0 Å². The Morgan fingerprint density at radius 1 is 1.32 bits per heavy atom. The summed E-state index contributed by atoms with van der Waals surface area (Å²) in [6.07, 6.45) is 5.11. The topological polar surface area (TPSA) is 71.2 Å². The van der Waals surface area contributed by atoms with Crippen LogP contribution < -0.4 is 5.32 Å². The van der Waals surface area contributed by atoms with Gasteiger partial charge in [0.05, 0.1) is 12.1 Å². The number of hydrogen-bond donors (Lipinski definition) is 2. The summed E-state index contributed by atoms with van der Waals surface area (Å²) in [6, 6.07) is 0.0243. The van der Waals surface area contributed by atoms with Crippen molar-refractivity contribution in [3.05, 3.63) is 11.7 Å². The van der Waals surface area contributed by atoms with Crippen LogP contribution in [0.25, 0.3) is 0 Å². The molecule has 3 rings (SSSR count). The molecule has 0 radical (unpaired) electrons. The number of nitrogens with one attached hydrogen (secondary N) is 1. The molecule has 1 aliphatic heterocycles. The largest absolute Gasteiger partial charge is 0.392 e. The smallest absolute Gasteiger partial charge is 0.243 e. The minimum absolute atomic E-state index is 0.0243. The van der Waals surface area contributed by atoms with Crippen LogP contribution in [-0.2, 0) is 0 Å². The highest BCUT2D eigenvalue weighted by atomic mass is 16.5. The molecule has 0 spiro atoms. The highest BCUT2D eigenvalue weighted by Gasteiger charge is 2.32. The summed E-state index contributed by atoms with van der Waals surface area (Å²) in [5.74, 6) is 1.93. The van der Waals surface area contributed by atoms with Crippen molar-refractivity contribution < 1.29 is 9.63 Å². The van der Waals surface area contributed by atoms with Crippen LogP contribution in [0.1, 0.15) is 69.6 Å². The van der Waals surface area contributed by atoms with Gasteiger partial charge in [0, 0.05) is 12.5 Å². The standard InChI is InChI=1S/C14H23N3O2/c1-14(2)5-3-9(4-6-14)12-16-13(19-17-12)11-7-10(18)8-15-11/h9-11,15,18H,3-8H2,1-2H3/t10-,11+/m1/s1. The maximum absolute atomic E-state index is 9.52. The molecular weight excluding hydrogens is 242 g/mol. The summed E-state index contributed by atoms with van der Waals surface area (Å²) in [7, 11) is 0. The van der Waals surface area contributed by atoms with Gasteiger partial charge in [-0.05, 0) is 37.5 Å². The van der Waals surface area contributed by atoms with Crippen molar-refractivity contribution >= 4 is 0 Å². The third kappa shape index (κ3) is 2.82. The molecule has 2 heterocycles. The van der Waals surface area contributed by atoms with Crippen LogP contribution in [0.4, 0.5) is 0 Å². The predicted molar refractivity (Wildman–Crippen MR) is 70.7 cm³/mol. The molecule has 0 bridgehead atoms. The van der Waals surface area contributed by atoms with E-state index in [0.717, 1.165) is 18.7 Å². The van der Waals surface area contributed by atoms with Crippen LogP contribution in [0.3, 0.4) is 0 Å². The Morgan fingerprint density at radius 3 is 2.68 bits per heavy atom.